The smallest absolute Gasteiger partial charge is 0.160 e. The van der Waals surface area contributed by atoms with E-state index < -0.39 is 0 Å². The lowest BCUT2D eigenvalue weighted by Crippen LogP contribution is -2.12. The van der Waals surface area contributed by atoms with Gasteiger partial charge in [-0.25, -0.2) is 0 Å². The summed E-state index contributed by atoms with van der Waals surface area (Å²) in [5.41, 5.74) is 1.16. The van der Waals surface area contributed by atoms with E-state index in [1.807, 2.05) is 55.4 Å². The van der Waals surface area contributed by atoms with Crippen LogP contribution in [0.5, 0.6) is 0 Å². The van der Waals surface area contributed by atoms with Crippen LogP contribution in [0.25, 0.3) is 0 Å². The molecular weight excluding hydrogens is 352 g/mol. The molecule has 0 aromatic heterocycles. The Kier molecular flexibility index (Phi) is 14.4. The summed E-state index contributed by atoms with van der Waals surface area (Å²) in [6.07, 6.45) is 1.89. The molecule has 0 aliphatic heterocycles. The van der Waals surface area contributed by atoms with E-state index >= 15 is 0 Å². The van der Waals surface area contributed by atoms with Crippen LogP contribution in [0.3, 0.4) is 0 Å². The number of ketones is 4. The van der Waals surface area contributed by atoms with Crippen LogP contribution in [-0.4, -0.2) is 23.1 Å². The lowest BCUT2D eigenvalue weighted by atomic mass is 9.95. The number of hydrogen-bond acceptors (Lipinski definition) is 4. The van der Waals surface area contributed by atoms with Crippen molar-refractivity contribution >= 4 is 23.1 Å². The standard InChI is InChI=1S/2C12H20O2/c2*1-8(2)11(13)7-6-10(5)12(14)9(3)4/h2*8-9H,5-7H2,1-4H3. The first-order chi connectivity index (χ1) is 12.7. The summed E-state index contributed by atoms with van der Waals surface area (Å²) in [5.74, 6) is 0.607. The van der Waals surface area contributed by atoms with Crippen molar-refractivity contribution in [1.82, 2.24) is 0 Å². The molecule has 4 nitrogen and oxygen atoms in total. The van der Waals surface area contributed by atoms with Crippen LogP contribution in [-0.2, 0) is 19.2 Å². The fourth-order valence-corrected chi connectivity index (χ4v) is 2.19. The minimum atomic E-state index is -0.0170. The molecular formula is C24H40O4. The topological polar surface area (TPSA) is 68.3 Å². The molecule has 0 spiro atoms. The molecule has 0 saturated carbocycles. The summed E-state index contributed by atoms with van der Waals surface area (Å²) in [7, 11) is 0. The SMILES string of the molecule is C=C(CCC(=O)C(C)C)C(=O)C(C)C.C=C(CCC(=O)C(C)C)C(=O)C(C)C. The van der Waals surface area contributed by atoms with Gasteiger partial charge in [0.15, 0.2) is 11.6 Å². The van der Waals surface area contributed by atoms with E-state index in [1.165, 1.54) is 0 Å². The van der Waals surface area contributed by atoms with Crippen molar-refractivity contribution in [2.24, 2.45) is 23.7 Å². The monoisotopic (exact) mass is 392 g/mol. The van der Waals surface area contributed by atoms with Gasteiger partial charge < -0.3 is 0 Å². The maximum Gasteiger partial charge on any atom is 0.160 e. The maximum absolute atomic E-state index is 11.4. The highest BCUT2D eigenvalue weighted by molar-refractivity contribution is 5.97. The van der Waals surface area contributed by atoms with Gasteiger partial charge in [0.25, 0.3) is 0 Å². The second-order valence-electron chi connectivity index (χ2n) is 8.49. The summed E-state index contributed by atoms with van der Waals surface area (Å²) in [4.78, 5) is 45.4. The summed E-state index contributed by atoms with van der Waals surface area (Å²) < 4.78 is 0. The van der Waals surface area contributed by atoms with Crippen molar-refractivity contribution in [3.05, 3.63) is 24.3 Å². The number of allylic oxidation sites excluding steroid dienone is 2. The van der Waals surface area contributed by atoms with Crippen molar-refractivity contribution < 1.29 is 19.2 Å². The first-order valence-corrected chi connectivity index (χ1v) is 10.2. The van der Waals surface area contributed by atoms with Gasteiger partial charge in [-0.05, 0) is 24.0 Å². The Bertz CT molecular complexity index is 525. The van der Waals surface area contributed by atoms with Gasteiger partial charge in [0.2, 0.25) is 0 Å². The van der Waals surface area contributed by atoms with E-state index in [2.05, 4.69) is 13.2 Å². The average molecular weight is 393 g/mol. The molecule has 160 valence electrons. The van der Waals surface area contributed by atoms with Gasteiger partial charge in [0, 0.05) is 36.5 Å². The first kappa shape index (κ1) is 28.4. The zero-order valence-electron chi connectivity index (χ0n) is 19.2. The molecule has 0 heterocycles. The molecule has 0 aromatic rings. The van der Waals surface area contributed by atoms with Crippen molar-refractivity contribution in [3.8, 4) is 0 Å². The molecule has 28 heavy (non-hydrogen) atoms. The third kappa shape index (κ3) is 12.5. The zero-order chi connectivity index (χ0) is 22.6. The first-order valence-electron chi connectivity index (χ1n) is 10.2. The van der Waals surface area contributed by atoms with Gasteiger partial charge in [-0.3, -0.25) is 19.2 Å². The van der Waals surface area contributed by atoms with Gasteiger partial charge in [-0.1, -0.05) is 68.5 Å². The number of hydrogen-bond donors (Lipinski definition) is 0. The number of Topliss-reactive ketones (excluding diaryl/α,β-unsaturated/α-hetero) is 4. The van der Waals surface area contributed by atoms with Crippen molar-refractivity contribution in [3.63, 3.8) is 0 Å². The second kappa shape index (κ2) is 14.2. The molecule has 0 atom stereocenters. The van der Waals surface area contributed by atoms with Gasteiger partial charge >= 0.3 is 0 Å². The van der Waals surface area contributed by atoms with E-state index in [0.29, 0.717) is 36.8 Å². The minimum absolute atomic E-state index is 0.0170. The Balaban J connectivity index is 0. The van der Waals surface area contributed by atoms with Crippen molar-refractivity contribution in [2.45, 2.75) is 81.1 Å². The summed E-state index contributed by atoms with van der Waals surface area (Å²) in [5, 5.41) is 0. The Morgan fingerprint density at radius 1 is 0.500 bits per heavy atom. The van der Waals surface area contributed by atoms with E-state index in [1.54, 1.807) is 0 Å². The molecule has 0 rings (SSSR count). The molecule has 0 bridgehead atoms. The van der Waals surface area contributed by atoms with E-state index in [4.69, 9.17) is 0 Å². The number of carbonyl (C=O) groups is 4. The summed E-state index contributed by atoms with van der Waals surface area (Å²) in [6.45, 7) is 22.3. The van der Waals surface area contributed by atoms with Crippen LogP contribution in [0.1, 0.15) is 81.1 Å². The van der Waals surface area contributed by atoms with Crippen LogP contribution in [0.2, 0.25) is 0 Å². The van der Waals surface area contributed by atoms with Gasteiger partial charge in [-0.15, -0.1) is 0 Å². The molecule has 0 radical (unpaired) electrons. The Labute approximate surface area is 171 Å². The third-order valence-corrected chi connectivity index (χ3v) is 4.38. The molecule has 0 aromatic carbocycles. The molecule has 0 aliphatic rings. The Morgan fingerprint density at radius 2 is 0.750 bits per heavy atom. The molecule has 0 aliphatic carbocycles. The lowest BCUT2D eigenvalue weighted by Gasteiger charge is -2.08. The summed E-state index contributed by atoms with van der Waals surface area (Å²) >= 11 is 0. The predicted octanol–water partition coefficient (Wildman–Crippen LogP) is 5.55. The van der Waals surface area contributed by atoms with Crippen LogP contribution in [0, 0.1) is 23.7 Å². The number of carbonyl (C=O) groups excluding carboxylic acids is 4. The molecule has 4 heteroatoms. The molecule has 0 saturated heterocycles. The predicted molar refractivity (Wildman–Crippen MR) is 116 cm³/mol. The highest BCUT2D eigenvalue weighted by Crippen LogP contribution is 2.13. The van der Waals surface area contributed by atoms with E-state index in [0.717, 1.165) is 0 Å². The van der Waals surface area contributed by atoms with Crippen molar-refractivity contribution in [2.75, 3.05) is 0 Å². The molecule has 0 fully saturated rings. The summed E-state index contributed by atoms with van der Waals surface area (Å²) in [6, 6.07) is 0. The van der Waals surface area contributed by atoms with Gasteiger partial charge in [-0.2, -0.15) is 0 Å². The normalized spacial score (nSPS) is 10.7. The molecule has 0 unspecified atom stereocenters. The van der Waals surface area contributed by atoms with Gasteiger partial charge in [0.1, 0.15) is 11.6 Å². The van der Waals surface area contributed by atoms with Gasteiger partial charge in [0.05, 0.1) is 0 Å². The maximum atomic E-state index is 11.4. The fraction of sp³-hybridized carbons (Fsp3) is 0.667. The zero-order valence-corrected chi connectivity index (χ0v) is 19.2. The van der Waals surface area contributed by atoms with Crippen LogP contribution < -0.4 is 0 Å². The largest absolute Gasteiger partial charge is 0.299 e. The lowest BCUT2D eigenvalue weighted by molar-refractivity contribution is -0.123. The Morgan fingerprint density at radius 3 is 0.929 bits per heavy atom. The van der Waals surface area contributed by atoms with E-state index in [-0.39, 0.29) is 46.8 Å². The van der Waals surface area contributed by atoms with Crippen molar-refractivity contribution in [1.29, 1.82) is 0 Å². The highest BCUT2D eigenvalue weighted by atomic mass is 16.1. The minimum Gasteiger partial charge on any atom is -0.299 e. The highest BCUT2D eigenvalue weighted by Gasteiger charge is 2.15. The quantitative estimate of drug-likeness (QED) is 0.409. The second-order valence-corrected chi connectivity index (χ2v) is 8.49. The number of rotatable bonds is 12. The molecule has 0 N–H and O–H groups in total. The Hall–Kier alpha value is -1.84. The molecule has 0 amide bonds. The van der Waals surface area contributed by atoms with Crippen LogP contribution in [0.15, 0.2) is 24.3 Å². The average Bonchev–Trinajstić information content (AvgIpc) is 2.61. The third-order valence-electron chi connectivity index (χ3n) is 4.38. The van der Waals surface area contributed by atoms with E-state index in [9.17, 15) is 19.2 Å². The fourth-order valence-electron chi connectivity index (χ4n) is 2.19. The van der Waals surface area contributed by atoms with Crippen LogP contribution >= 0.6 is 0 Å². The van der Waals surface area contributed by atoms with Crippen LogP contribution in [0.4, 0.5) is 0 Å².